The number of hydrogen-bond acceptors (Lipinski definition) is 4. The number of rotatable bonds is 0. The summed E-state index contributed by atoms with van der Waals surface area (Å²) in [5, 5.41) is 9.55. The maximum absolute atomic E-state index is 11.5. The van der Waals surface area contributed by atoms with Crippen molar-refractivity contribution in [3.63, 3.8) is 0 Å². The van der Waals surface area contributed by atoms with Gasteiger partial charge in [0, 0.05) is 12.6 Å². The zero-order valence-corrected chi connectivity index (χ0v) is 9.73. The van der Waals surface area contributed by atoms with Crippen molar-refractivity contribution < 1.29 is 5.11 Å². The van der Waals surface area contributed by atoms with Gasteiger partial charge in [0.1, 0.15) is 0 Å². The second kappa shape index (κ2) is 4.52. The van der Waals surface area contributed by atoms with E-state index < -0.39 is 17.4 Å². The standard InChI is InChI=1S/C8H11N3O3.C2H6/c1-10-6-4(2-3-5(6)12)7(13)11(9)8(10)14;1-2/h5,12H,2-3,9H2,1H3;1-2H3. The third-order valence-electron chi connectivity index (χ3n) is 2.62. The van der Waals surface area contributed by atoms with Crippen molar-refractivity contribution in [2.75, 3.05) is 5.84 Å². The zero-order valence-electron chi connectivity index (χ0n) is 9.73. The largest absolute Gasteiger partial charge is 0.387 e. The first-order valence-electron chi connectivity index (χ1n) is 5.32. The summed E-state index contributed by atoms with van der Waals surface area (Å²) in [5.41, 5.74) is -0.252. The Labute approximate surface area is 92.9 Å². The van der Waals surface area contributed by atoms with E-state index in [1.54, 1.807) is 0 Å². The first-order chi connectivity index (χ1) is 7.54. The van der Waals surface area contributed by atoms with E-state index >= 15 is 0 Å². The maximum Gasteiger partial charge on any atom is 0.349 e. The molecule has 1 unspecified atom stereocenters. The van der Waals surface area contributed by atoms with Crippen molar-refractivity contribution in [1.29, 1.82) is 0 Å². The minimum atomic E-state index is -0.725. The van der Waals surface area contributed by atoms with Crippen molar-refractivity contribution in [3.8, 4) is 0 Å². The highest BCUT2D eigenvalue weighted by molar-refractivity contribution is 5.25. The molecule has 1 aliphatic carbocycles. The smallest absolute Gasteiger partial charge is 0.349 e. The Kier molecular flexibility index (Phi) is 3.54. The van der Waals surface area contributed by atoms with Crippen LogP contribution in [-0.4, -0.2) is 14.3 Å². The predicted molar refractivity (Wildman–Crippen MR) is 60.7 cm³/mol. The summed E-state index contributed by atoms with van der Waals surface area (Å²) in [7, 11) is 1.50. The SMILES string of the molecule is CC.Cn1c2c(c(=O)n(N)c1=O)CCC2O. The highest BCUT2D eigenvalue weighted by Crippen LogP contribution is 2.26. The van der Waals surface area contributed by atoms with Gasteiger partial charge in [-0.05, 0) is 12.8 Å². The molecule has 2 rings (SSSR count). The molecule has 0 saturated heterocycles. The van der Waals surface area contributed by atoms with E-state index in [9.17, 15) is 14.7 Å². The van der Waals surface area contributed by atoms with Crippen LogP contribution in [0.25, 0.3) is 0 Å². The molecule has 0 radical (unpaired) electrons. The van der Waals surface area contributed by atoms with Crippen molar-refractivity contribution in [2.24, 2.45) is 7.05 Å². The fourth-order valence-electron chi connectivity index (χ4n) is 1.89. The molecule has 0 amide bonds. The van der Waals surface area contributed by atoms with Gasteiger partial charge in [0.05, 0.1) is 11.8 Å². The lowest BCUT2D eigenvalue weighted by Gasteiger charge is -2.10. The summed E-state index contributed by atoms with van der Waals surface area (Å²) < 4.78 is 1.81. The Morgan fingerprint density at radius 3 is 2.50 bits per heavy atom. The van der Waals surface area contributed by atoms with E-state index in [1.807, 2.05) is 13.8 Å². The second-order valence-corrected chi connectivity index (χ2v) is 3.44. The van der Waals surface area contributed by atoms with Crippen molar-refractivity contribution in [1.82, 2.24) is 9.24 Å². The minimum Gasteiger partial charge on any atom is -0.387 e. The fourth-order valence-corrected chi connectivity index (χ4v) is 1.89. The molecule has 0 aromatic carbocycles. The first-order valence-corrected chi connectivity index (χ1v) is 5.32. The van der Waals surface area contributed by atoms with Gasteiger partial charge in [0.15, 0.2) is 0 Å². The monoisotopic (exact) mass is 227 g/mol. The molecule has 6 nitrogen and oxygen atoms in total. The quantitative estimate of drug-likeness (QED) is 0.571. The number of nitrogens with zero attached hydrogens (tertiary/aromatic N) is 2. The molecule has 0 bridgehead atoms. The number of fused-ring (bicyclic) bond motifs is 1. The van der Waals surface area contributed by atoms with Crippen molar-refractivity contribution in [2.45, 2.75) is 32.8 Å². The van der Waals surface area contributed by atoms with Crippen LogP contribution in [0.2, 0.25) is 0 Å². The van der Waals surface area contributed by atoms with Crippen LogP contribution in [0.1, 0.15) is 37.6 Å². The van der Waals surface area contributed by atoms with Gasteiger partial charge < -0.3 is 10.9 Å². The lowest BCUT2D eigenvalue weighted by molar-refractivity contribution is 0.171. The van der Waals surface area contributed by atoms with Crippen LogP contribution in [0.3, 0.4) is 0 Å². The van der Waals surface area contributed by atoms with E-state index in [0.717, 1.165) is 0 Å². The molecule has 0 saturated carbocycles. The van der Waals surface area contributed by atoms with Crippen LogP contribution in [0.5, 0.6) is 0 Å². The first kappa shape index (κ1) is 12.5. The normalized spacial score (nSPS) is 17.6. The molecule has 1 heterocycles. The molecule has 1 aromatic heterocycles. The Morgan fingerprint density at radius 1 is 1.38 bits per heavy atom. The number of nitrogens with two attached hydrogens (primary N) is 1. The third-order valence-corrected chi connectivity index (χ3v) is 2.62. The van der Waals surface area contributed by atoms with E-state index in [2.05, 4.69) is 0 Å². The molecule has 1 aliphatic rings. The van der Waals surface area contributed by atoms with E-state index in [1.165, 1.54) is 11.6 Å². The minimum absolute atomic E-state index is 0.404. The molecule has 0 spiro atoms. The van der Waals surface area contributed by atoms with E-state index in [-0.39, 0.29) is 0 Å². The van der Waals surface area contributed by atoms with E-state index in [0.29, 0.717) is 28.8 Å². The number of aromatic nitrogens is 2. The van der Waals surface area contributed by atoms with Gasteiger partial charge in [0.25, 0.3) is 5.56 Å². The van der Waals surface area contributed by atoms with Crippen LogP contribution < -0.4 is 17.1 Å². The predicted octanol–water partition coefficient (Wildman–Crippen LogP) is -0.733. The van der Waals surface area contributed by atoms with Crippen molar-refractivity contribution >= 4 is 0 Å². The van der Waals surface area contributed by atoms with Gasteiger partial charge in [-0.15, -0.1) is 0 Å². The van der Waals surface area contributed by atoms with Gasteiger partial charge in [-0.3, -0.25) is 9.36 Å². The van der Waals surface area contributed by atoms with Crippen LogP contribution in [0, 0.1) is 0 Å². The van der Waals surface area contributed by atoms with Crippen LogP contribution in [0.15, 0.2) is 9.59 Å². The highest BCUT2D eigenvalue weighted by atomic mass is 16.3. The molecule has 1 aromatic rings. The molecule has 90 valence electrons. The number of nitrogen functional groups attached to an aromatic ring is 1. The molecule has 1 atom stereocenters. The summed E-state index contributed by atoms with van der Waals surface area (Å²) >= 11 is 0. The van der Waals surface area contributed by atoms with Crippen LogP contribution in [-0.2, 0) is 13.5 Å². The maximum atomic E-state index is 11.5. The average molecular weight is 227 g/mol. The molecular weight excluding hydrogens is 210 g/mol. The molecule has 3 N–H and O–H groups in total. The molecule has 6 heteroatoms. The lowest BCUT2D eigenvalue weighted by atomic mass is 10.2. The average Bonchev–Trinajstić information content (AvgIpc) is 2.68. The Hall–Kier alpha value is -1.56. The second-order valence-electron chi connectivity index (χ2n) is 3.44. The van der Waals surface area contributed by atoms with Gasteiger partial charge >= 0.3 is 5.69 Å². The molecule has 16 heavy (non-hydrogen) atoms. The topological polar surface area (TPSA) is 90.3 Å². The summed E-state index contributed by atoms with van der Waals surface area (Å²) in [6.45, 7) is 4.00. The van der Waals surface area contributed by atoms with Gasteiger partial charge in [-0.1, -0.05) is 13.8 Å². The zero-order chi connectivity index (χ0) is 12.5. The van der Waals surface area contributed by atoms with Gasteiger partial charge in [-0.2, -0.15) is 4.68 Å². The van der Waals surface area contributed by atoms with Crippen LogP contribution in [0.4, 0.5) is 0 Å². The Balaban J connectivity index is 0.000000606. The summed E-state index contributed by atoms with van der Waals surface area (Å²) in [6.07, 6.45) is 0.222. The number of hydrogen-bond donors (Lipinski definition) is 2. The number of aliphatic hydroxyl groups excluding tert-OH is 1. The lowest BCUT2D eigenvalue weighted by Crippen LogP contribution is -2.46. The Bertz CT molecular complexity index is 501. The highest BCUT2D eigenvalue weighted by Gasteiger charge is 2.27. The Morgan fingerprint density at radius 2 is 1.94 bits per heavy atom. The summed E-state index contributed by atoms with van der Waals surface area (Å²) in [5.74, 6) is 5.29. The molecule has 0 fully saturated rings. The molecule has 0 aliphatic heterocycles. The van der Waals surface area contributed by atoms with E-state index in [4.69, 9.17) is 5.84 Å². The molecular formula is C10H17N3O3. The van der Waals surface area contributed by atoms with Gasteiger partial charge in [0.2, 0.25) is 0 Å². The number of aliphatic hydroxyl groups is 1. The summed E-state index contributed by atoms with van der Waals surface area (Å²) in [4.78, 5) is 22.9. The third kappa shape index (κ3) is 1.65. The van der Waals surface area contributed by atoms with Crippen molar-refractivity contribution in [3.05, 3.63) is 32.1 Å². The summed E-state index contributed by atoms with van der Waals surface area (Å²) in [6, 6.07) is 0. The van der Waals surface area contributed by atoms with Gasteiger partial charge in [-0.25, -0.2) is 4.79 Å². The fraction of sp³-hybridized carbons (Fsp3) is 0.600. The van der Waals surface area contributed by atoms with Crippen LogP contribution >= 0.6 is 0 Å².